The van der Waals surface area contributed by atoms with Crippen molar-refractivity contribution in [3.05, 3.63) is 53.6 Å². The standard InChI is InChI=1S/C16H17FN2/c1-11-6-7-18-10-15(11)14-8-12(2-5-16(14)17)9-19-13-3-4-13/h2,5-8,10,13,19H,3-4,9H2,1H3. The van der Waals surface area contributed by atoms with Crippen LogP contribution in [0.2, 0.25) is 0 Å². The molecule has 98 valence electrons. The first-order valence-electron chi connectivity index (χ1n) is 6.67. The molecule has 0 spiro atoms. The molecule has 0 amide bonds. The molecule has 1 aliphatic rings. The number of nitrogens with one attached hydrogen (secondary N) is 1. The fourth-order valence-electron chi connectivity index (χ4n) is 2.18. The van der Waals surface area contributed by atoms with Crippen molar-refractivity contribution in [3.63, 3.8) is 0 Å². The normalized spacial score (nSPS) is 14.6. The highest BCUT2D eigenvalue weighted by molar-refractivity contribution is 5.67. The van der Waals surface area contributed by atoms with Crippen LogP contribution in [0.5, 0.6) is 0 Å². The predicted octanol–water partition coefficient (Wildman–Crippen LogP) is 3.45. The minimum absolute atomic E-state index is 0.189. The molecule has 19 heavy (non-hydrogen) atoms. The lowest BCUT2D eigenvalue weighted by atomic mass is 10.0. The summed E-state index contributed by atoms with van der Waals surface area (Å²) in [6, 6.07) is 7.89. The average Bonchev–Trinajstić information content (AvgIpc) is 3.23. The fourth-order valence-corrected chi connectivity index (χ4v) is 2.18. The molecule has 1 N–H and O–H groups in total. The zero-order valence-corrected chi connectivity index (χ0v) is 11.0. The van der Waals surface area contributed by atoms with Crippen molar-refractivity contribution in [2.75, 3.05) is 0 Å². The first-order valence-corrected chi connectivity index (χ1v) is 6.67. The maximum atomic E-state index is 14.0. The Balaban J connectivity index is 1.90. The molecule has 0 unspecified atom stereocenters. The molecular formula is C16H17FN2. The third-order valence-corrected chi connectivity index (χ3v) is 3.53. The molecular weight excluding hydrogens is 239 g/mol. The van der Waals surface area contributed by atoms with Gasteiger partial charge in [0.25, 0.3) is 0 Å². The van der Waals surface area contributed by atoms with Gasteiger partial charge in [-0.3, -0.25) is 4.98 Å². The molecule has 3 rings (SSSR count). The SMILES string of the molecule is Cc1ccncc1-c1cc(CNC2CC2)ccc1F. The van der Waals surface area contributed by atoms with Crippen molar-refractivity contribution in [3.8, 4) is 11.1 Å². The lowest BCUT2D eigenvalue weighted by Gasteiger charge is -2.09. The number of halogens is 1. The minimum atomic E-state index is -0.189. The van der Waals surface area contributed by atoms with Gasteiger partial charge in [-0.05, 0) is 49.1 Å². The summed E-state index contributed by atoms with van der Waals surface area (Å²) in [5.74, 6) is -0.189. The summed E-state index contributed by atoms with van der Waals surface area (Å²) in [4.78, 5) is 4.09. The number of aryl methyl sites for hydroxylation is 1. The summed E-state index contributed by atoms with van der Waals surface area (Å²) in [6.45, 7) is 2.78. The van der Waals surface area contributed by atoms with Crippen LogP contribution in [0.4, 0.5) is 4.39 Å². The highest BCUT2D eigenvalue weighted by Gasteiger charge is 2.20. The van der Waals surface area contributed by atoms with Crippen LogP contribution >= 0.6 is 0 Å². The smallest absolute Gasteiger partial charge is 0.131 e. The van der Waals surface area contributed by atoms with Crippen LogP contribution in [0.15, 0.2) is 36.7 Å². The molecule has 1 heterocycles. The zero-order valence-electron chi connectivity index (χ0n) is 11.0. The van der Waals surface area contributed by atoms with E-state index in [0.29, 0.717) is 11.6 Å². The van der Waals surface area contributed by atoms with E-state index in [1.54, 1.807) is 18.5 Å². The van der Waals surface area contributed by atoms with Gasteiger partial charge in [0.2, 0.25) is 0 Å². The molecule has 1 aliphatic carbocycles. The van der Waals surface area contributed by atoms with Crippen LogP contribution in [-0.4, -0.2) is 11.0 Å². The van der Waals surface area contributed by atoms with E-state index in [-0.39, 0.29) is 5.82 Å². The molecule has 0 atom stereocenters. The Labute approximate surface area is 112 Å². The molecule has 2 nitrogen and oxygen atoms in total. The monoisotopic (exact) mass is 256 g/mol. The lowest BCUT2D eigenvalue weighted by molar-refractivity contribution is 0.628. The number of rotatable bonds is 4. The Bertz CT molecular complexity index is 591. The average molecular weight is 256 g/mol. The van der Waals surface area contributed by atoms with E-state index in [1.807, 2.05) is 25.1 Å². The zero-order chi connectivity index (χ0) is 13.2. The number of hydrogen-bond donors (Lipinski definition) is 1. The molecule has 0 aliphatic heterocycles. The van der Waals surface area contributed by atoms with Crippen molar-refractivity contribution in [1.82, 2.24) is 10.3 Å². The number of aromatic nitrogens is 1. The van der Waals surface area contributed by atoms with Crippen LogP contribution in [0.1, 0.15) is 24.0 Å². The predicted molar refractivity (Wildman–Crippen MR) is 74.2 cm³/mol. The maximum absolute atomic E-state index is 14.0. The van der Waals surface area contributed by atoms with Gasteiger partial charge in [-0.25, -0.2) is 4.39 Å². The summed E-state index contributed by atoms with van der Waals surface area (Å²) in [5, 5.41) is 3.45. The van der Waals surface area contributed by atoms with Gasteiger partial charge in [0.1, 0.15) is 5.82 Å². The van der Waals surface area contributed by atoms with Gasteiger partial charge in [0.15, 0.2) is 0 Å². The molecule has 0 bridgehead atoms. The Hall–Kier alpha value is -1.74. The minimum Gasteiger partial charge on any atom is -0.310 e. The van der Waals surface area contributed by atoms with Crippen LogP contribution < -0.4 is 5.32 Å². The second-order valence-electron chi connectivity index (χ2n) is 5.16. The molecule has 1 fully saturated rings. The Morgan fingerprint density at radius 2 is 2.11 bits per heavy atom. The molecule has 0 saturated heterocycles. The Kier molecular flexibility index (Phi) is 3.30. The van der Waals surface area contributed by atoms with Crippen LogP contribution in [0.3, 0.4) is 0 Å². The van der Waals surface area contributed by atoms with E-state index in [1.165, 1.54) is 12.8 Å². The van der Waals surface area contributed by atoms with E-state index in [0.717, 1.165) is 23.2 Å². The highest BCUT2D eigenvalue weighted by Crippen LogP contribution is 2.26. The van der Waals surface area contributed by atoms with Gasteiger partial charge in [-0.15, -0.1) is 0 Å². The maximum Gasteiger partial charge on any atom is 0.131 e. The van der Waals surface area contributed by atoms with E-state index in [2.05, 4.69) is 10.3 Å². The molecule has 2 aromatic rings. The highest BCUT2D eigenvalue weighted by atomic mass is 19.1. The van der Waals surface area contributed by atoms with Crippen LogP contribution in [0, 0.1) is 12.7 Å². The summed E-state index contributed by atoms with van der Waals surface area (Å²) >= 11 is 0. The van der Waals surface area contributed by atoms with Crippen molar-refractivity contribution < 1.29 is 4.39 Å². The lowest BCUT2D eigenvalue weighted by Crippen LogP contribution is -2.15. The third-order valence-electron chi connectivity index (χ3n) is 3.53. The first kappa shape index (κ1) is 12.3. The number of hydrogen-bond acceptors (Lipinski definition) is 2. The molecule has 1 aromatic heterocycles. The molecule has 1 aromatic carbocycles. The second kappa shape index (κ2) is 5.10. The van der Waals surface area contributed by atoms with Gasteiger partial charge in [-0.1, -0.05) is 6.07 Å². The quantitative estimate of drug-likeness (QED) is 0.906. The Morgan fingerprint density at radius 1 is 1.26 bits per heavy atom. The van der Waals surface area contributed by atoms with E-state index in [4.69, 9.17) is 0 Å². The molecule has 0 radical (unpaired) electrons. The van der Waals surface area contributed by atoms with Crippen LogP contribution in [0.25, 0.3) is 11.1 Å². The topological polar surface area (TPSA) is 24.9 Å². The molecule has 3 heteroatoms. The fraction of sp³-hybridized carbons (Fsp3) is 0.312. The summed E-state index contributed by atoms with van der Waals surface area (Å²) in [5.41, 5.74) is 3.67. The number of benzene rings is 1. The third kappa shape index (κ3) is 2.82. The van der Waals surface area contributed by atoms with Crippen molar-refractivity contribution >= 4 is 0 Å². The van der Waals surface area contributed by atoms with Crippen molar-refractivity contribution in [2.45, 2.75) is 32.4 Å². The van der Waals surface area contributed by atoms with E-state index < -0.39 is 0 Å². The van der Waals surface area contributed by atoms with Crippen molar-refractivity contribution in [1.29, 1.82) is 0 Å². The number of nitrogens with zero attached hydrogens (tertiary/aromatic N) is 1. The van der Waals surface area contributed by atoms with Crippen LogP contribution in [-0.2, 0) is 6.54 Å². The van der Waals surface area contributed by atoms with Gasteiger partial charge in [0.05, 0.1) is 0 Å². The van der Waals surface area contributed by atoms with Gasteiger partial charge in [0, 0.05) is 36.1 Å². The summed E-state index contributed by atoms with van der Waals surface area (Å²) in [6.07, 6.45) is 5.98. The number of pyridine rings is 1. The van der Waals surface area contributed by atoms with Crippen molar-refractivity contribution in [2.24, 2.45) is 0 Å². The van der Waals surface area contributed by atoms with Gasteiger partial charge >= 0.3 is 0 Å². The second-order valence-corrected chi connectivity index (χ2v) is 5.16. The summed E-state index contributed by atoms with van der Waals surface area (Å²) < 4.78 is 14.0. The first-order chi connectivity index (χ1) is 9.24. The summed E-state index contributed by atoms with van der Waals surface area (Å²) in [7, 11) is 0. The van der Waals surface area contributed by atoms with E-state index >= 15 is 0 Å². The largest absolute Gasteiger partial charge is 0.310 e. The van der Waals surface area contributed by atoms with E-state index in [9.17, 15) is 4.39 Å². The molecule has 1 saturated carbocycles. The van der Waals surface area contributed by atoms with Gasteiger partial charge < -0.3 is 5.32 Å². The Morgan fingerprint density at radius 3 is 2.84 bits per heavy atom. The van der Waals surface area contributed by atoms with Gasteiger partial charge in [-0.2, -0.15) is 0 Å².